The minimum atomic E-state index is 0.109. The lowest BCUT2D eigenvalue weighted by molar-refractivity contribution is -0.126. The van der Waals surface area contributed by atoms with Crippen molar-refractivity contribution >= 4 is 5.91 Å². The number of nitrogens with zero attached hydrogens (tertiary/aromatic N) is 1. The van der Waals surface area contributed by atoms with E-state index >= 15 is 0 Å². The molecular weight excluding hydrogens is 264 g/mol. The summed E-state index contributed by atoms with van der Waals surface area (Å²) >= 11 is 0. The van der Waals surface area contributed by atoms with Crippen LogP contribution in [0.3, 0.4) is 0 Å². The highest BCUT2D eigenvalue weighted by atomic mass is 16.5. The van der Waals surface area contributed by atoms with E-state index in [1.807, 2.05) is 0 Å². The fourth-order valence-electron chi connectivity index (χ4n) is 3.37. The molecule has 0 spiro atoms. The number of unbranched alkanes of at least 4 members (excludes halogenated alkanes) is 4. The SMILES string of the molecule is CCCCCCCC(C)N1C(C)COCC1CC(=O)NC. The third-order valence-electron chi connectivity index (χ3n) is 4.53. The molecular formula is C17H34N2O2. The number of nitrogens with one attached hydrogen (secondary N) is 1. The van der Waals surface area contributed by atoms with E-state index in [0.717, 1.165) is 6.61 Å². The number of carbonyl (C=O) groups excluding carboxylic acids is 1. The summed E-state index contributed by atoms with van der Waals surface area (Å²) in [5, 5.41) is 2.73. The summed E-state index contributed by atoms with van der Waals surface area (Å²) in [5.41, 5.74) is 0. The summed E-state index contributed by atoms with van der Waals surface area (Å²) < 4.78 is 5.66. The molecule has 0 aromatic heterocycles. The Labute approximate surface area is 130 Å². The van der Waals surface area contributed by atoms with Crippen LogP contribution in [0.1, 0.15) is 65.7 Å². The topological polar surface area (TPSA) is 41.6 Å². The summed E-state index contributed by atoms with van der Waals surface area (Å²) in [5.74, 6) is 0.109. The van der Waals surface area contributed by atoms with Crippen LogP contribution in [0.2, 0.25) is 0 Å². The van der Waals surface area contributed by atoms with Crippen molar-refractivity contribution < 1.29 is 9.53 Å². The van der Waals surface area contributed by atoms with Gasteiger partial charge in [-0.2, -0.15) is 0 Å². The van der Waals surface area contributed by atoms with E-state index in [2.05, 4.69) is 31.0 Å². The smallest absolute Gasteiger partial charge is 0.221 e. The van der Waals surface area contributed by atoms with Crippen LogP contribution in [0.5, 0.6) is 0 Å². The van der Waals surface area contributed by atoms with E-state index < -0.39 is 0 Å². The van der Waals surface area contributed by atoms with Gasteiger partial charge in [-0.1, -0.05) is 39.0 Å². The van der Waals surface area contributed by atoms with Crippen molar-refractivity contribution in [2.24, 2.45) is 0 Å². The van der Waals surface area contributed by atoms with Gasteiger partial charge in [0, 0.05) is 31.6 Å². The molecule has 21 heavy (non-hydrogen) atoms. The monoisotopic (exact) mass is 298 g/mol. The molecule has 0 bridgehead atoms. The van der Waals surface area contributed by atoms with Crippen LogP contribution in [-0.4, -0.2) is 49.2 Å². The Hall–Kier alpha value is -0.610. The number of rotatable bonds is 9. The molecule has 1 aliphatic rings. The second-order valence-electron chi connectivity index (χ2n) is 6.42. The molecule has 1 rings (SSSR count). The second kappa shape index (κ2) is 10.2. The molecule has 4 heteroatoms. The highest BCUT2D eigenvalue weighted by molar-refractivity contribution is 5.76. The van der Waals surface area contributed by atoms with Gasteiger partial charge in [0.05, 0.1) is 13.2 Å². The molecule has 0 saturated carbocycles. The zero-order valence-corrected chi connectivity index (χ0v) is 14.4. The normalized spacial score (nSPS) is 24.8. The highest BCUT2D eigenvalue weighted by Crippen LogP contribution is 2.22. The molecule has 4 nitrogen and oxygen atoms in total. The molecule has 1 N–H and O–H groups in total. The number of carbonyl (C=O) groups is 1. The maximum Gasteiger partial charge on any atom is 0.221 e. The van der Waals surface area contributed by atoms with Crippen LogP contribution >= 0.6 is 0 Å². The summed E-state index contributed by atoms with van der Waals surface area (Å²) in [6.07, 6.45) is 8.38. The molecule has 124 valence electrons. The van der Waals surface area contributed by atoms with Crippen molar-refractivity contribution in [2.75, 3.05) is 20.3 Å². The van der Waals surface area contributed by atoms with Gasteiger partial charge in [0.25, 0.3) is 0 Å². The molecule has 1 aliphatic heterocycles. The van der Waals surface area contributed by atoms with Crippen molar-refractivity contribution in [3.05, 3.63) is 0 Å². The number of morpholine rings is 1. The van der Waals surface area contributed by atoms with Crippen LogP contribution < -0.4 is 5.32 Å². The fraction of sp³-hybridized carbons (Fsp3) is 0.941. The molecule has 3 unspecified atom stereocenters. The summed E-state index contributed by atoms with van der Waals surface area (Å²) in [7, 11) is 1.71. The molecule has 0 aromatic carbocycles. The van der Waals surface area contributed by atoms with E-state index in [9.17, 15) is 4.79 Å². The third kappa shape index (κ3) is 6.35. The van der Waals surface area contributed by atoms with Crippen LogP contribution in [0.25, 0.3) is 0 Å². The number of ether oxygens (including phenoxy) is 1. The molecule has 3 atom stereocenters. The van der Waals surface area contributed by atoms with E-state index in [4.69, 9.17) is 4.74 Å². The van der Waals surface area contributed by atoms with Crippen LogP contribution in [0.15, 0.2) is 0 Å². The lowest BCUT2D eigenvalue weighted by Crippen LogP contribution is -2.55. The van der Waals surface area contributed by atoms with Gasteiger partial charge in [-0.15, -0.1) is 0 Å². The van der Waals surface area contributed by atoms with Crippen LogP contribution in [0, 0.1) is 0 Å². The average Bonchev–Trinajstić information content (AvgIpc) is 2.46. The lowest BCUT2D eigenvalue weighted by Gasteiger charge is -2.44. The van der Waals surface area contributed by atoms with E-state index in [1.165, 1.54) is 38.5 Å². The van der Waals surface area contributed by atoms with Crippen molar-refractivity contribution in [3.8, 4) is 0 Å². The Kier molecular flexibility index (Phi) is 8.93. The molecule has 1 fully saturated rings. The molecule has 0 aliphatic carbocycles. The summed E-state index contributed by atoms with van der Waals surface area (Å²) in [4.78, 5) is 14.2. The predicted octanol–water partition coefficient (Wildman–Crippen LogP) is 2.96. The average molecular weight is 298 g/mol. The van der Waals surface area contributed by atoms with Crippen molar-refractivity contribution in [3.63, 3.8) is 0 Å². The van der Waals surface area contributed by atoms with Gasteiger partial charge in [0.15, 0.2) is 0 Å². The number of hydrogen-bond acceptors (Lipinski definition) is 3. The molecule has 1 saturated heterocycles. The number of hydrogen-bond donors (Lipinski definition) is 1. The first-order valence-electron chi connectivity index (χ1n) is 8.65. The fourth-order valence-corrected chi connectivity index (χ4v) is 3.37. The Morgan fingerprint density at radius 2 is 2.00 bits per heavy atom. The number of amides is 1. The summed E-state index contributed by atoms with van der Waals surface area (Å²) in [6.45, 7) is 8.23. The Balaban J connectivity index is 2.46. The standard InChI is InChI=1S/C17H34N2O2/c1-5-6-7-8-9-10-14(2)19-15(3)12-21-13-16(19)11-17(20)18-4/h14-16H,5-13H2,1-4H3,(H,18,20). The van der Waals surface area contributed by atoms with Crippen LogP contribution in [0.4, 0.5) is 0 Å². The highest BCUT2D eigenvalue weighted by Gasteiger charge is 2.32. The maximum atomic E-state index is 11.7. The molecule has 1 amide bonds. The zero-order valence-electron chi connectivity index (χ0n) is 14.4. The molecule has 0 radical (unpaired) electrons. The lowest BCUT2D eigenvalue weighted by atomic mass is 10.0. The first-order chi connectivity index (χ1) is 10.1. The van der Waals surface area contributed by atoms with Gasteiger partial charge < -0.3 is 10.1 Å². The van der Waals surface area contributed by atoms with E-state index in [0.29, 0.717) is 25.1 Å². The van der Waals surface area contributed by atoms with Crippen molar-refractivity contribution in [1.82, 2.24) is 10.2 Å². The van der Waals surface area contributed by atoms with Gasteiger partial charge in [-0.25, -0.2) is 0 Å². The molecule has 0 aromatic rings. The van der Waals surface area contributed by atoms with Crippen molar-refractivity contribution in [1.29, 1.82) is 0 Å². The van der Waals surface area contributed by atoms with Gasteiger partial charge >= 0.3 is 0 Å². The maximum absolute atomic E-state index is 11.7. The van der Waals surface area contributed by atoms with E-state index in [1.54, 1.807) is 7.05 Å². The Morgan fingerprint density at radius 1 is 1.29 bits per heavy atom. The third-order valence-corrected chi connectivity index (χ3v) is 4.53. The molecule has 1 heterocycles. The van der Waals surface area contributed by atoms with Gasteiger partial charge in [-0.05, 0) is 20.3 Å². The second-order valence-corrected chi connectivity index (χ2v) is 6.42. The quantitative estimate of drug-likeness (QED) is 0.665. The first kappa shape index (κ1) is 18.4. The first-order valence-corrected chi connectivity index (χ1v) is 8.65. The predicted molar refractivity (Wildman–Crippen MR) is 87.4 cm³/mol. The van der Waals surface area contributed by atoms with Crippen LogP contribution in [-0.2, 0) is 9.53 Å². The largest absolute Gasteiger partial charge is 0.378 e. The van der Waals surface area contributed by atoms with Gasteiger partial charge in [0.1, 0.15) is 0 Å². The summed E-state index contributed by atoms with van der Waals surface area (Å²) in [6, 6.07) is 1.15. The van der Waals surface area contributed by atoms with Crippen molar-refractivity contribution in [2.45, 2.75) is 83.8 Å². The minimum absolute atomic E-state index is 0.109. The Bertz CT molecular complexity index is 297. The van der Waals surface area contributed by atoms with Gasteiger partial charge in [0.2, 0.25) is 5.91 Å². The van der Waals surface area contributed by atoms with Gasteiger partial charge in [-0.3, -0.25) is 9.69 Å². The van der Waals surface area contributed by atoms with E-state index in [-0.39, 0.29) is 11.9 Å². The minimum Gasteiger partial charge on any atom is -0.378 e. The Morgan fingerprint density at radius 3 is 2.67 bits per heavy atom. The zero-order chi connectivity index (χ0) is 15.7.